The molecule has 0 amide bonds. The van der Waals surface area contributed by atoms with Crippen LogP contribution in [0.2, 0.25) is 0 Å². The van der Waals surface area contributed by atoms with E-state index in [-0.39, 0.29) is 0 Å². The van der Waals surface area contributed by atoms with E-state index in [0.29, 0.717) is 5.92 Å². The maximum Gasteiger partial charge on any atom is 0.0351 e. The first kappa shape index (κ1) is 7.47. The SMILES string of the molecule is C1=Cc2cccc3c2C2C1=CC=C2C=C3. The van der Waals surface area contributed by atoms with Gasteiger partial charge in [0.05, 0.1) is 0 Å². The molecular formula is C15H10. The summed E-state index contributed by atoms with van der Waals surface area (Å²) in [6, 6.07) is 6.56. The molecule has 0 heterocycles. The van der Waals surface area contributed by atoms with E-state index in [9.17, 15) is 0 Å². The fourth-order valence-electron chi connectivity index (χ4n) is 2.81. The number of hydrogen-bond donors (Lipinski definition) is 0. The molecule has 0 spiro atoms. The zero-order chi connectivity index (χ0) is 9.83. The van der Waals surface area contributed by atoms with Gasteiger partial charge in [0, 0.05) is 5.92 Å². The molecule has 3 aliphatic rings. The molecule has 0 aromatic heterocycles. The Morgan fingerprint density at radius 3 is 1.93 bits per heavy atom. The van der Waals surface area contributed by atoms with Crippen LogP contribution < -0.4 is 0 Å². The zero-order valence-corrected chi connectivity index (χ0v) is 8.27. The molecule has 0 unspecified atom stereocenters. The van der Waals surface area contributed by atoms with Gasteiger partial charge < -0.3 is 0 Å². The van der Waals surface area contributed by atoms with E-state index in [1.807, 2.05) is 0 Å². The lowest BCUT2D eigenvalue weighted by Crippen LogP contribution is -2.10. The summed E-state index contributed by atoms with van der Waals surface area (Å²) in [7, 11) is 0. The number of rotatable bonds is 0. The van der Waals surface area contributed by atoms with Crippen LogP contribution in [0, 0.1) is 0 Å². The predicted molar refractivity (Wildman–Crippen MR) is 63.4 cm³/mol. The molecule has 0 heteroatoms. The summed E-state index contributed by atoms with van der Waals surface area (Å²) in [5.41, 5.74) is 7.14. The summed E-state index contributed by atoms with van der Waals surface area (Å²) in [5.74, 6) is 0.520. The Kier molecular flexibility index (Phi) is 1.20. The lowest BCUT2D eigenvalue weighted by Gasteiger charge is -2.27. The van der Waals surface area contributed by atoms with Crippen LogP contribution in [0.15, 0.2) is 53.6 Å². The van der Waals surface area contributed by atoms with Crippen molar-refractivity contribution in [1.29, 1.82) is 0 Å². The van der Waals surface area contributed by atoms with Gasteiger partial charge in [-0.1, -0.05) is 54.7 Å². The Hall–Kier alpha value is -1.82. The fourth-order valence-corrected chi connectivity index (χ4v) is 2.81. The first-order chi connectivity index (χ1) is 7.43. The standard InChI is InChI=1S/C15H10/c1-2-10-4-6-12-8-9-13-7-5-11(3-1)14(10)15(12)13/h1-9,15H. The normalized spacial score (nSPS) is 20.0. The Morgan fingerprint density at radius 2 is 1.33 bits per heavy atom. The molecular weight excluding hydrogens is 180 g/mol. The van der Waals surface area contributed by atoms with Crippen LogP contribution in [-0.2, 0) is 0 Å². The second kappa shape index (κ2) is 2.40. The summed E-state index contributed by atoms with van der Waals surface area (Å²) in [6.07, 6.45) is 13.4. The first-order valence-corrected chi connectivity index (χ1v) is 5.34. The van der Waals surface area contributed by atoms with Crippen LogP contribution in [-0.4, -0.2) is 0 Å². The fraction of sp³-hybridized carbons (Fsp3) is 0.0667. The largest absolute Gasteiger partial charge is 0.0611 e. The second-order valence-corrected chi connectivity index (χ2v) is 4.28. The van der Waals surface area contributed by atoms with E-state index in [2.05, 4.69) is 54.7 Å². The van der Waals surface area contributed by atoms with Crippen molar-refractivity contribution < 1.29 is 0 Å². The molecule has 0 nitrogen and oxygen atoms in total. The monoisotopic (exact) mass is 190 g/mol. The zero-order valence-electron chi connectivity index (χ0n) is 8.27. The van der Waals surface area contributed by atoms with Crippen LogP contribution in [0.4, 0.5) is 0 Å². The van der Waals surface area contributed by atoms with Crippen molar-refractivity contribution in [3.05, 3.63) is 70.3 Å². The molecule has 1 aromatic carbocycles. The quantitative estimate of drug-likeness (QED) is 0.585. The molecule has 70 valence electrons. The van der Waals surface area contributed by atoms with E-state index < -0.39 is 0 Å². The van der Waals surface area contributed by atoms with E-state index in [1.54, 1.807) is 0 Å². The highest BCUT2D eigenvalue weighted by Gasteiger charge is 2.29. The molecule has 0 aliphatic heterocycles. The van der Waals surface area contributed by atoms with E-state index in [1.165, 1.54) is 27.8 Å². The van der Waals surface area contributed by atoms with Gasteiger partial charge in [0.15, 0.2) is 0 Å². The average molecular weight is 190 g/mol. The van der Waals surface area contributed by atoms with Crippen molar-refractivity contribution >= 4 is 12.2 Å². The molecule has 0 atom stereocenters. The Morgan fingerprint density at radius 1 is 0.733 bits per heavy atom. The van der Waals surface area contributed by atoms with Crippen molar-refractivity contribution in [3.63, 3.8) is 0 Å². The molecule has 3 aliphatic carbocycles. The lowest BCUT2D eigenvalue weighted by atomic mass is 9.76. The van der Waals surface area contributed by atoms with Gasteiger partial charge in [-0.05, 0) is 27.8 Å². The van der Waals surface area contributed by atoms with Gasteiger partial charge in [-0.2, -0.15) is 0 Å². The van der Waals surface area contributed by atoms with Gasteiger partial charge in [0.25, 0.3) is 0 Å². The van der Waals surface area contributed by atoms with E-state index >= 15 is 0 Å². The number of hydrogen-bond acceptors (Lipinski definition) is 0. The van der Waals surface area contributed by atoms with Crippen molar-refractivity contribution in [2.75, 3.05) is 0 Å². The van der Waals surface area contributed by atoms with Crippen molar-refractivity contribution in [1.82, 2.24) is 0 Å². The minimum Gasteiger partial charge on any atom is -0.0611 e. The predicted octanol–water partition coefficient (Wildman–Crippen LogP) is 3.69. The van der Waals surface area contributed by atoms with Gasteiger partial charge in [-0.15, -0.1) is 0 Å². The molecule has 15 heavy (non-hydrogen) atoms. The maximum atomic E-state index is 2.25. The van der Waals surface area contributed by atoms with Gasteiger partial charge in [-0.25, -0.2) is 0 Å². The van der Waals surface area contributed by atoms with Crippen LogP contribution >= 0.6 is 0 Å². The number of benzene rings is 1. The van der Waals surface area contributed by atoms with Crippen molar-refractivity contribution in [2.24, 2.45) is 0 Å². The summed E-state index contributed by atoms with van der Waals surface area (Å²) in [6.45, 7) is 0. The summed E-state index contributed by atoms with van der Waals surface area (Å²) < 4.78 is 0. The van der Waals surface area contributed by atoms with E-state index in [0.717, 1.165) is 0 Å². The third kappa shape index (κ3) is 0.822. The molecule has 0 bridgehead atoms. The van der Waals surface area contributed by atoms with E-state index in [4.69, 9.17) is 0 Å². The van der Waals surface area contributed by atoms with Crippen LogP contribution in [0.5, 0.6) is 0 Å². The van der Waals surface area contributed by atoms with Crippen molar-refractivity contribution in [3.8, 4) is 0 Å². The molecule has 0 N–H and O–H groups in total. The van der Waals surface area contributed by atoms with Crippen LogP contribution in [0.25, 0.3) is 12.2 Å². The molecule has 4 rings (SSSR count). The lowest BCUT2D eigenvalue weighted by molar-refractivity contribution is 0.975. The molecule has 0 radical (unpaired) electrons. The van der Waals surface area contributed by atoms with Gasteiger partial charge in [0.2, 0.25) is 0 Å². The minimum atomic E-state index is 0.520. The topological polar surface area (TPSA) is 0 Å². The highest BCUT2D eigenvalue weighted by Crippen LogP contribution is 2.46. The molecule has 0 fully saturated rings. The molecule has 0 saturated heterocycles. The highest BCUT2D eigenvalue weighted by molar-refractivity contribution is 5.78. The van der Waals surface area contributed by atoms with Crippen LogP contribution in [0.3, 0.4) is 0 Å². The molecule has 0 saturated carbocycles. The van der Waals surface area contributed by atoms with Crippen LogP contribution in [0.1, 0.15) is 22.6 Å². The Bertz CT molecular complexity index is 532. The Labute approximate surface area is 88.9 Å². The maximum absolute atomic E-state index is 2.25. The smallest absolute Gasteiger partial charge is 0.0351 e. The van der Waals surface area contributed by atoms with Gasteiger partial charge in [-0.3, -0.25) is 0 Å². The first-order valence-electron chi connectivity index (χ1n) is 5.34. The number of allylic oxidation sites excluding steroid dienone is 6. The molecule has 1 aromatic rings. The third-order valence-electron chi connectivity index (χ3n) is 3.51. The summed E-state index contributed by atoms with van der Waals surface area (Å²) in [5, 5.41) is 0. The minimum absolute atomic E-state index is 0.520. The second-order valence-electron chi connectivity index (χ2n) is 4.28. The van der Waals surface area contributed by atoms with Crippen molar-refractivity contribution in [2.45, 2.75) is 5.92 Å². The average Bonchev–Trinajstić information content (AvgIpc) is 2.71. The highest BCUT2D eigenvalue weighted by atomic mass is 14.3. The summed E-state index contributed by atoms with van der Waals surface area (Å²) in [4.78, 5) is 0. The Balaban J connectivity index is 2.15. The van der Waals surface area contributed by atoms with Gasteiger partial charge >= 0.3 is 0 Å². The summed E-state index contributed by atoms with van der Waals surface area (Å²) >= 11 is 0. The van der Waals surface area contributed by atoms with Gasteiger partial charge in [0.1, 0.15) is 0 Å². The third-order valence-corrected chi connectivity index (χ3v) is 3.51.